The highest BCUT2D eigenvalue weighted by molar-refractivity contribution is 9.10. The van der Waals surface area contributed by atoms with E-state index in [4.69, 9.17) is 0 Å². The number of aromatic hydroxyl groups is 1. The number of aromatic nitrogens is 1. The van der Waals surface area contributed by atoms with Crippen molar-refractivity contribution in [1.82, 2.24) is 4.98 Å². The highest BCUT2D eigenvalue weighted by Crippen LogP contribution is 2.42. The Hall–Kier alpha value is -2.18. The fourth-order valence-corrected chi connectivity index (χ4v) is 4.84. The lowest BCUT2D eigenvalue weighted by Gasteiger charge is -2.28. The fraction of sp³-hybridized carbons (Fsp3) is 0.320. The van der Waals surface area contributed by atoms with E-state index in [1.54, 1.807) is 0 Å². The summed E-state index contributed by atoms with van der Waals surface area (Å²) in [5, 5.41) is 11.4. The Morgan fingerprint density at radius 3 is 2.29 bits per heavy atom. The molecule has 4 nitrogen and oxygen atoms in total. The standard InChI is InChI=1S/C25H29BrN2O2S/c1-5-7-8-21-22(28(6-2)19-14-16(3)13-17(4)15-19)23(29)24(25(30)27-21)31-20-11-9-18(26)10-12-20/h9-15H,5-8H2,1-4H3,(H2,27,29,30). The molecule has 0 atom stereocenters. The Morgan fingerprint density at radius 1 is 1.06 bits per heavy atom. The van der Waals surface area contributed by atoms with E-state index in [9.17, 15) is 9.90 Å². The van der Waals surface area contributed by atoms with E-state index in [-0.39, 0.29) is 11.3 Å². The molecule has 0 aliphatic carbocycles. The van der Waals surface area contributed by atoms with E-state index in [0.717, 1.165) is 44.7 Å². The second kappa shape index (κ2) is 10.4. The minimum atomic E-state index is -0.253. The van der Waals surface area contributed by atoms with Gasteiger partial charge in [0, 0.05) is 27.3 Å². The molecule has 3 aromatic rings. The predicted octanol–water partition coefficient (Wildman–Crippen LogP) is 7.11. The Balaban J connectivity index is 2.16. The molecule has 0 radical (unpaired) electrons. The minimum absolute atomic E-state index is 0.0452. The quantitative estimate of drug-likeness (QED) is 0.345. The second-order valence-corrected chi connectivity index (χ2v) is 9.71. The van der Waals surface area contributed by atoms with Gasteiger partial charge < -0.3 is 15.0 Å². The van der Waals surface area contributed by atoms with Crippen molar-refractivity contribution in [3.63, 3.8) is 0 Å². The van der Waals surface area contributed by atoms with E-state index in [2.05, 4.69) is 71.7 Å². The zero-order valence-corrected chi connectivity index (χ0v) is 20.9. The molecule has 6 heteroatoms. The van der Waals surface area contributed by atoms with Gasteiger partial charge in [-0.2, -0.15) is 0 Å². The van der Waals surface area contributed by atoms with Gasteiger partial charge in [-0.1, -0.05) is 47.1 Å². The Labute approximate surface area is 196 Å². The zero-order valence-electron chi connectivity index (χ0n) is 18.5. The van der Waals surface area contributed by atoms with Crippen LogP contribution in [0.3, 0.4) is 0 Å². The van der Waals surface area contributed by atoms with Gasteiger partial charge in [-0.25, -0.2) is 0 Å². The molecule has 2 aromatic carbocycles. The van der Waals surface area contributed by atoms with Crippen molar-refractivity contribution < 1.29 is 5.11 Å². The van der Waals surface area contributed by atoms with Gasteiger partial charge >= 0.3 is 0 Å². The number of aromatic amines is 1. The van der Waals surface area contributed by atoms with E-state index >= 15 is 0 Å². The van der Waals surface area contributed by atoms with Crippen molar-refractivity contribution in [2.45, 2.75) is 56.7 Å². The lowest BCUT2D eigenvalue weighted by atomic mass is 10.1. The van der Waals surface area contributed by atoms with Crippen LogP contribution in [-0.2, 0) is 6.42 Å². The average Bonchev–Trinajstić information content (AvgIpc) is 2.72. The smallest absolute Gasteiger partial charge is 0.266 e. The molecular formula is C25H29BrN2O2S. The number of anilines is 2. The summed E-state index contributed by atoms with van der Waals surface area (Å²) in [7, 11) is 0. The molecular weight excluding hydrogens is 472 g/mol. The third-order valence-corrected chi connectivity index (χ3v) is 6.73. The molecule has 0 aliphatic rings. The van der Waals surface area contributed by atoms with Crippen LogP contribution in [0.1, 0.15) is 43.5 Å². The molecule has 0 fully saturated rings. The summed E-state index contributed by atoms with van der Waals surface area (Å²) >= 11 is 4.72. The van der Waals surface area contributed by atoms with Crippen LogP contribution in [0.5, 0.6) is 5.75 Å². The Bertz CT molecular complexity index is 1090. The summed E-state index contributed by atoms with van der Waals surface area (Å²) in [6.45, 7) is 9.00. The number of pyridine rings is 1. The maximum Gasteiger partial charge on any atom is 0.266 e. The molecule has 0 amide bonds. The van der Waals surface area contributed by atoms with Gasteiger partial charge in [0.2, 0.25) is 0 Å². The third kappa shape index (κ3) is 5.55. The summed E-state index contributed by atoms with van der Waals surface area (Å²) < 4.78 is 0.970. The van der Waals surface area contributed by atoms with Crippen molar-refractivity contribution in [1.29, 1.82) is 0 Å². The summed E-state index contributed by atoms with van der Waals surface area (Å²) in [6.07, 6.45) is 2.65. The maximum absolute atomic E-state index is 12.9. The monoisotopic (exact) mass is 500 g/mol. The topological polar surface area (TPSA) is 56.3 Å². The van der Waals surface area contributed by atoms with Crippen LogP contribution in [-0.4, -0.2) is 16.6 Å². The maximum atomic E-state index is 12.9. The Morgan fingerprint density at radius 2 is 1.71 bits per heavy atom. The van der Waals surface area contributed by atoms with Crippen LogP contribution in [0.4, 0.5) is 11.4 Å². The molecule has 0 saturated carbocycles. The molecule has 1 aromatic heterocycles. The van der Waals surface area contributed by atoms with E-state index < -0.39 is 0 Å². The number of unbranched alkanes of at least 4 members (excludes halogenated alkanes) is 1. The first-order chi connectivity index (χ1) is 14.8. The first-order valence-corrected chi connectivity index (χ1v) is 12.2. The van der Waals surface area contributed by atoms with Crippen molar-refractivity contribution in [3.8, 4) is 5.75 Å². The molecule has 0 spiro atoms. The van der Waals surface area contributed by atoms with Crippen molar-refractivity contribution >= 4 is 39.1 Å². The average molecular weight is 501 g/mol. The van der Waals surface area contributed by atoms with E-state index in [1.807, 2.05) is 24.3 Å². The molecule has 0 saturated heterocycles. The molecule has 0 bridgehead atoms. The van der Waals surface area contributed by atoms with Crippen molar-refractivity contribution in [2.75, 3.05) is 11.4 Å². The summed E-state index contributed by atoms with van der Waals surface area (Å²) in [4.78, 5) is 19.3. The number of H-pyrrole nitrogens is 1. The van der Waals surface area contributed by atoms with Crippen LogP contribution >= 0.6 is 27.7 Å². The Kier molecular flexibility index (Phi) is 7.89. The number of benzene rings is 2. The molecule has 164 valence electrons. The van der Waals surface area contributed by atoms with Gasteiger partial charge in [0.05, 0.1) is 0 Å². The van der Waals surface area contributed by atoms with Crippen LogP contribution in [0.15, 0.2) is 61.5 Å². The number of hydrogen-bond donors (Lipinski definition) is 2. The van der Waals surface area contributed by atoms with Crippen LogP contribution in [0.25, 0.3) is 0 Å². The van der Waals surface area contributed by atoms with Crippen molar-refractivity contribution in [3.05, 3.63) is 74.1 Å². The van der Waals surface area contributed by atoms with Gasteiger partial charge in [0.1, 0.15) is 10.6 Å². The number of nitrogens with zero attached hydrogens (tertiary/aromatic N) is 1. The second-order valence-electron chi connectivity index (χ2n) is 7.71. The molecule has 1 heterocycles. The summed E-state index contributed by atoms with van der Waals surface area (Å²) in [5.74, 6) is 0.0452. The molecule has 2 N–H and O–H groups in total. The predicted molar refractivity (Wildman–Crippen MR) is 134 cm³/mol. The molecule has 31 heavy (non-hydrogen) atoms. The van der Waals surface area contributed by atoms with Crippen molar-refractivity contribution in [2.24, 2.45) is 0 Å². The largest absolute Gasteiger partial charge is 0.504 e. The van der Waals surface area contributed by atoms with E-state index in [0.29, 0.717) is 23.5 Å². The van der Waals surface area contributed by atoms with Crippen LogP contribution < -0.4 is 10.5 Å². The molecule has 3 rings (SSSR count). The zero-order chi connectivity index (χ0) is 22.5. The normalized spacial score (nSPS) is 11.0. The molecule has 0 unspecified atom stereocenters. The number of nitrogens with one attached hydrogen (secondary N) is 1. The summed E-state index contributed by atoms with van der Waals surface area (Å²) in [6, 6.07) is 14.1. The van der Waals surface area contributed by atoms with Crippen LogP contribution in [0.2, 0.25) is 0 Å². The number of aryl methyl sites for hydroxylation is 3. The van der Waals surface area contributed by atoms with E-state index in [1.165, 1.54) is 11.8 Å². The highest BCUT2D eigenvalue weighted by Gasteiger charge is 2.23. The fourth-order valence-electron chi connectivity index (χ4n) is 3.73. The van der Waals surface area contributed by atoms with Gasteiger partial charge in [-0.15, -0.1) is 0 Å². The van der Waals surface area contributed by atoms with Gasteiger partial charge in [-0.05, 0) is 81.1 Å². The first-order valence-electron chi connectivity index (χ1n) is 10.6. The van der Waals surface area contributed by atoms with Gasteiger partial charge in [0.15, 0.2) is 5.75 Å². The lowest BCUT2D eigenvalue weighted by Crippen LogP contribution is -2.22. The lowest BCUT2D eigenvalue weighted by molar-refractivity contribution is 0.458. The number of hydrogen-bond acceptors (Lipinski definition) is 4. The number of rotatable bonds is 8. The minimum Gasteiger partial charge on any atom is -0.504 e. The first kappa shape index (κ1) is 23.5. The van der Waals surface area contributed by atoms with Crippen LogP contribution in [0, 0.1) is 13.8 Å². The summed E-state index contributed by atoms with van der Waals surface area (Å²) in [5.41, 5.74) is 4.57. The SMILES string of the molecule is CCCCc1[nH]c(=O)c(Sc2ccc(Br)cc2)c(O)c1N(CC)c1cc(C)cc(C)c1. The molecule has 0 aliphatic heterocycles. The van der Waals surface area contributed by atoms with Gasteiger partial charge in [-0.3, -0.25) is 4.79 Å². The number of halogens is 1. The third-order valence-electron chi connectivity index (χ3n) is 5.11. The highest BCUT2D eigenvalue weighted by atomic mass is 79.9. The van der Waals surface area contributed by atoms with Gasteiger partial charge in [0.25, 0.3) is 5.56 Å².